The number of nitrogens with zero attached hydrogens (tertiary/aromatic N) is 2. The minimum absolute atomic E-state index is 0.159. The van der Waals surface area contributed by atoms with E-state index in [1.165, 1.54) is 16.6 Å². The minimum Gasteiger partial charge on any atom is -0.324 e. The number of aryl methyl sites for hydroxylation is 2. The van der Waals surface area contributed by atoms with Gasteiger partial charge in [0, 0.05) is 17.1 Å². The summed E-state index contributed by atoms with van der Waals surface area (Å²) in [6.45, 7) is 7.66. The molecule has 3 aromatic carbocycles. The Morgan fingerprint density at radius 3 is 2.39 bits per heavy atom. The Bertz CT molecular complexity index is 1100. The zero-order valence-corrected chi connectivity index (χ0v) is 17.4. The van der Waals surface area contributed by atoms with Crippen LogP contribution in [0.4, 0.5) is 0 Å². The molecule has 4 rings (SSSR count). The standard InChI is InChI=1S/C25H25ClN2/c1-25(2,3)20-8-6-7-18(17-20)15-16-28-23-10-5-4-9-22(23)27-24(28)19-11-13-21(26)14-12-19/h4-14,17H,15-16H2,1-3H3. The second-order valence-electron chi connectivity index (χ2n) is 8.28. The number of rotatable bonds is 4. The van der Waals surface area contributed by atoms with Gasteiger partial charge in [-0.1, -0.05) is 68.8 Å². The van der Waals surface area contributed by atoms with Crippen LogP contribution in [0.5, 0.6) is 0 Å². The van der Waals surface area contributed by atoms with Gasteiger partial charge in [-0.15, -0.1) is 0 Å². The van der Waals surface area contributed by atoms with Gasteiger partial charge in [0.05, 0.1) is 11.0 Å². The molecule has 1 heterocycles. The van der Waals surface area contributed by atoms with Crippen molar-refractivity contribution in [2.45, 2.75) is 39.2 Å². The average Bonchev–Trinajstić information content (AvgIpc) is 3.05. The van der Waals surface area contributed by atoms with Gasteiger partial charge in [0.2, 0.25) is 0 Å². The van der Waals surface area contributed by atoms with Crippen LogP contribution in [-0.2, 0) is 18.4 Å². The van der Waals surface area contributed by atoms with Crippen molar-refractivity contribution in [1.82, 2.24) is 9.55 Å². The molecule has 0 saturated carbocycles. The number of benzene rings is 3. The molecule has 0 spiro atoms. The van der Waals surface area contributed by atoms with Gasteiger partial charge in [-0.3, -0.25) is 0 Å². The first kappa shape index (κ1) is 18.8. The van der Waals surface area contributed by atoms with Crippen molar-refractivity contribution in [3.05, 3.63) is 88.9 Å². The fourth-order valence-electron chi connectivity index (χ4n) is 3.56. The minimum atomic E-state index is 0.159. The fourth-order valence-corrected chi connectivity index (χ4v) is 3.68. The van der Waals surface area contributed by atoms with E-state index in [1.54, 1.807) is 0 Å². The van der Waals surface area contributed by atoms with E-state index in [0.29, 0.717) is 0 Å². The SMILES string of the molecule is CC(C)(C)c1cccc(CCn2c(-c3ccc(Cl)cc3)nc3ccccc32)c1. The number of hydrogen-bond acceptors (Lipinski definition) is 1. The lowest BCUT2D eigenvalue weighted by Crippen LogP contribution is -2.11. The molecule has 28 heavy (non-hydrogen) atoms. The molecule has 0 radical (unpaired) electrons. The maximum absolute atomic E-state index is 6.08. The summed E-state index contributed by atoms with van der Waals surface area (Å²) in [7, 11) is 0. The van der Waals surface area contributed by atoms with Gasteiger partial charge >= 0.3 is 0 Å². The Kier molecular flexibility index (Phi) is 4.99. The normalized spacial score (nSPS) is 11.9. The summed E-state index contributed by atoms with van der Waals surface area (Å²) >= 11 is 6.08. The summed E-state index contributed by atoms with van der Waals surface area (Å²) in [5, 5.41) is 0.741. The number of hydrogen-bond donors (Lipinski definition) is 0. The average molecular weight is 389 g/mol. The molecule has 1 aromatic heterocycles. The first-order valence-electron chi connectivity index (χ1n) is 9.72. The Morgan fingerprint density at radius 2 is 1.64 bits per heavy atom. The predicted molar refractivity (Wildman–Crippen MR) is 119 cm³/mol. The van der Waals surface area contributed by atoms with Crippen LogP contribution in [0.1, 0.15) is 31.9 Å². The van der Waals surface area contributed by atoms with Gasteiger partial charge in [-0.05, 0) is 59.4 Å². The Balaban J connectivity index is 1.70. The van der Waals surface area contributed by atoms with Crippen molar-refractivity contribution in [1.29, 1.82) is 0 Å². The Labute approximate surface area is 171 Å². The quantitative estimate of drug-likeness (QED) is 0.372. The summed E-state index contributed by atoms with van der Waals surface area (Å²) in [6.07, 6.45) is 0.963. The third-order valence-electron chi connectivity index (χ3n) is 5.17. The van der Waals surface area contributed by atoms with Gasteiger partial charge in [0.1, 0.15) is 5.82 Å². The van der Waals surface area contributed by atoms with E-state index < -0.39 is 0 Å². The van der Waals surface area contributed by atoms with E-state index in [9.17, 15) is 0 Å². The molecule has 4 aromatic rings. The topological polar surface area (TPSA) is 17.8 Å². The summed E-state index contributed by atoms with van der Waals surface area (Å²) in [5.41, 5.74) is 6.16. The molecule has 2 nitrogen and oxygen atoms in total. The van der Waals surface area contributed by atoms with Gasteiger partial charge < -0.3 is 4.57 Å². The van der Waals surface area contributed by atoms with Crippen LogP contribution in [0.25, 0.3) is 22.4 Å². The maximum atomic E-state index is 6.08. The summed E-state index contributed by atoms with van der Waals surface area (Å²) in [5.74, 6) is 0.991. The van der Waals surface area contributed by atoms with Crippen LogP contribution in [-0.4, -0.2) is 9.55 Å². The number of fused-ring (bicyclic) bond motifs is 1. The highest BCUT2D eigenvalue weighted by molar-refractivity contribution is 6.30. The van der Waals surface area contributed by atoms with E-state index in [4.69, 9.17) is 16.6 Å². The fraction of sp³-hybridized carbons (Fsp3) is 0.240. The van der Waals surface area contributed by atoms with E-state index in [-0.39, 0.29) is 5.41 Å². The zero-order chi connectivity index (χ0) is 19.7. The smallest absolute Gasteiger partial charge is 0.141 e. The number of imidazole rings is 1. The first-order chi connectivity index (χ1) is 13.4. The van der Waals surface area contributed by atoms with Crippen molar-refractivity contribution in [2.75, 3.05) is 0 Å². The third-order valence-corrected chi connectivity index (χ3v) is 5.43. The molecule has 0 amide bonds. The number of aromatic nitrogens is 2. The van der Waals surface area contributed by atoms with Crippen molar-refractivity contribution in [3.63, 3.8) is 0 Å². The van der Waals surface area contributed by atoms with Crippen molar-refractivity contribution < 1.29 is 0 Å². The third kappa shape index (κ3) is 3.83. The summed E-state index contributed by atoms with van der Waals surface area (Å²) < 4.78 is 2.32. The molecule has 0 fully saturated rings. The van der Waals surface area contributed by atoms with Gasteiger partial charge in [-0.25, -0.2) is 4.98 Å². The maximum Gasteiger partial charge on any atom is 0.141 e. The highest BCUT2D eigenvalue weighted by Crippen LogP contribution is 2.27. The highest BCUT2D eigenvalue weighted by atomic mass is 35.5. The monoisotopic (exact) mass is 388 g/mol. The first-order valence-corrected chi connectivity index (χ1v) is 10.1. The zero-order valence-electron chi connectivity index (χ0n) is 16.6. The van der Waals surface area contributed by atoms with Crippen LogP contribution in [0.15, 0.2) is 72.8 Å². The van der Waals surface area contributed by atoms with Gasteiger partial charge in [0.15, 0.2) is 0 Å². The van der Waals surface area contributed by atoms with Gasteiger partial charge in [0.25, 0.3) is 0 Å². The molecule has 0 N–H and O–H groups in total. The van der Waals surface area contributed by atoms with Crippen LogP contribution < -0.4 is 0 Å². The summed E-state index contributed by atoms with van der Waals surface area (Å²) in [4.78, 5) is 4.90. The van der Waals surface area contributed by atoms with Crippen LogP contribution in [0.2, 0.25) is 5.02 Å². The molecule has 0 saturated heterocycles. The van der Waals surface area contributed by atoms with Crippen molar-refractivity contribution in [2.24, 2.45) is 0 Å². The lowest BCUT2D eigenvalue weighted by molar-refractivity contribution is 0.588. The van der Waals surface area contributed by atoms with Crippen LogP contribution >= 0.6 is 11.6 Å². The van der Waals surface area contributed by atoms with E-state index in [1.807, 2.05) is 30.3 Å². The molecule has 142 valence electrons. The number of para-hydroxylation sites is 2. The highest BCUT2D eigenvalue weighted by Gasteiger charge is 2.15. The second-order valence-corrected chi connectivity index (χ2v) is 8.72. The molecule has 0 aliphatic carbocycles. The largest absolute Gasteiger partial charge is 0.324 e. The second kappa shape index (κ2) is 7.44. The molecule has 0 aliphatic heterocycles. The van der Waals surface area contributed by atoms with Crippen LogP contribution in [0, 0.1) is 0 Å². The van der Waals surface area contributed by atoms with Gasteiger partial charge in [-0.2, -0.15) is 0 Å². The molecule has 0 aliphatic rings. The lowest BCUT2D eigenvalue weighted by Gasteiger charge is -2.20. The van der Waals surface area contributed by atoms with E-state index in [2.05, 4.69) is 67.8 Å². The van der Waals surface area contributed by atoms with Crippen molar-refractivity contribution >= 4 is 22.6 Å². The molecular formula is C25H25ClN2. The molecular weight excluding hydrogens is 364 g/mol. The molecule has 3 heteroatoms. The van der Waals surface area contributed by atoms with E-state index in [0.717, 1.165) is 34.9 Å². The Morgan fingerprint density at radius 1 is 0.893 bits per heavy atom. The predicted octanol–water partition coefficient (Wildman–Crippen LogP) is 6.90. The lowest BCUT2D eigenvalue weighted by atomic mass is 9.86. The van der Waals surface area contributed by atoms with E-state index >= 15 is 0 Å². The number of halogens is 1. The molecule has 0 atom stereocenters. The Hall–Kier alpha value is -2.58. The van der Waals surface area contributed by atoms with Crippen molar-refractivity contribution in [3.8, 4) is 11.4 Å². The molecule has 0 bridgehead atoms. The van der Waals surface area contributed by atoms with Crippen LogP contribution in [0.3, 0.4) is 0 Å². The summed E-state index contributed by atoms with van der Waals surface area (Å²) in [6, 6.07) is 25.2. The molecule has 0 unspecified atom stereocenters.